The number of para-hydroxylation sites is 1. The van der Waals surface area contributed by atoms with E-state index in [1.165, 1.54) is 12.1 Å². The third-order valence-electron chi connectivity index (χ3n) is 4.99. The largest absolute Gasteiger partial charge is 0.490 e. The SMILES string of the molecule is CCOc1cc(CNCCSc2nnnn2-c2ccccc2)c(Br)cc1OCc1ccc(F)cc1. The maximum absolute atomic E-state index is 13.1. The maximum atomic E-state index is 13.1. The predicted octanol–water partition coefficient (Wildman–Crippen LogP) is 5.42. The molecule has 0 aliphatic rings. The molecular formula is C25H25BrFN5O2S. The Labute approximate surface area is 216 Å². The van der Waals surface area contributed by atoms with E-state index in [-0.39, 0.29) is 5.82 Å². The number of thioether (sulfide) groups is 1. The highest BCUT2D eigenvalue weighted by molar-refractivity contribution is 9.10. The molecule has 0 aliphatic heterocycles. The van der Waals surface area contributed by atoms with Gasteiger partial charge in [0.25, 0.3) is 0 Å². The lowest BCUT2D eigenvalue weighted by atomic mass is 10.2. The van der Waals surface area contributed by atoms with Crippen LogP contribution < -0.4 is 14.8 Å². The second kappa shape index (κ2) is 12.7. The third kappa shape index (κ3) is 7.03. The van der Waals surface area contributed by atoms with Gasteiger partial charge >= 0.3 is 0 Å². The lowest BCUT2D eigenvalue weighted by Crippen LogP contribution is -2.17. The van der Waals surface area contributed by atoms with Gasteiger partial charge in [0.1, 0.15) is 12.4 Å². The summed E-state index contributed by atoms with van der Waals surface area (Å²) in [7, 11) is 0. The molecule has 3 aromatic carbocycles. The molecule has 182 valence electrons. The summed E-state index contributed by atoms with van der Waals surface area (Å²) in [5.74, 6) is 1.85. The first-order valence-corrected chi connectivity index (χ1v) is 12.9. The highest BCUT2D eigenvalue weighted by Gasteiger charge is 2.12. The molecule has 1 aromatic heterocycles. The molecule has 1 N–H and O–H groups in total. The van der Waals surface area contributed by atoms with Gasteiger partial charge in [0.15, 0.2) is 11.5 Å². The maximum Gasteiger partial charge on any atom is 0.214 e. The number of hydrogen-bond donors (Lipinski definition) is 1. The summed E-state index contributed by atoms with van der Waals surface area (Å²) >= 11 is 5.24. The zero-order valence-corrected chi connectivity index (χ0v) is 21.6. The molecule has 0 saturated heterocycles. The van der Waals surface area contributed by atoms with Crippen LogP contribution >= 0.6 is 27.7 Å². The van der Waals surface area contributed by atoms with E-state index in [9.17, 15) is 4.39 Å². The number of hydrogen-bond acceptors (Lipinski definition) is 7. The van der Waals surface area contributed by atoms with Crippen LogP contribution in [-0.4, -0.2) is 39.1 Å². The molecule has 7 nitrogen and oxygen atoms in total. The van der Waals surface area contributed by atoms with Gasteiger partial charge in [-0.3, -0.25) is 0 Å². The van der Waals surface area contributed by atoms with Gasteiger partial charge in [0, 0.05) is 23.3 Å². The van der Waals surface area contributed by atoms with Crippen LogP contribution in [0, 0.1) is 5.82 Å². The Morgan fingerprint density at radius 1 is 1.03 bits per heavy atom. The molecule has 4 rings (SSSR count). The Balaban J connectivity index is 1.31. The van der Waals surface area contributed by atoms with Gasteiger partial charge in [-0.2, -0.15) is 4.68 Å². The van der Waals surface area contributed by atoms with Crippen LogP contribution in [0.3, 0.4) is 0 Å². The van der Waals surface area contributed by atoms with Gasteiger partial charge in [-0.1, -0.05) is 58.0 Å². The number of halogens is 2. The molecule has 0 aliphatic carbocycles. The van der Waals surface area contributed by atoms with Crippen molar-refractivity contribution in [3.63, 3.8) is 0 Å². The van der Waals surface area contributed by atoms with Crippen molar-refractivity contribution in [2.24, 2.45) is 0 Å². The van der Waals surface area contributed by atoms with Gasteiger partial charge in [0.2, 0.25) is 5.16 Å². The number of nitrogens with zero attached hydrogens (tertiary/aromatic N) is 4. The molecule has 0 atom stereocenters. The second-order valence-electron chi connectivity index (χ2n) is 7.47. The fraction of sp³-hybridized carbons (Fsp3) is 0.240. The Hall–Kier alpha value is -2.95. The van der Waals surface area contributed by atoms with Crippen LogP contribution in [0.2, 0.25) is 0 Å². The summed E-state index contributed by atoms with van der Waals surface area (Å²) in [4.78, 5) is 0. The van der Waals surface area contributed by atoms with Gasteiger partial charge in [-0.25, -0.2) is 4.39 Å². The van der Waals surface area contributed by atoms with Crippen molar-refractivity contribution in [1.29, 1.82) is 0 Å². The van der Waals surface area contributed by atoms with Crippen LogP contribution in [-0.2, 0) is 13.2 Å². The molecule has 35 heavy (non-hydrogen) atoms. The normalized spacial score (nSPS) is 10.9. The summed E-state index contributed by atoms with van der Waals surface area (Å²) in [6.07, 6.45) is 0. The van der Waals surface area contributed by atoms with Crippen molar-refractivity contribution in [2.45, 2.75) is 25.2 Å². The molecule has 0 fully saturated rings. The van der Waals surface area contributed by atoms with Crippen LogP contribution in [0.15, 0.2) is 76.4 Å². The first kappa shape index (κ1) is 25.2. The molecule has 0 unspecified atom stereocenters. The number of benzene rings is 3. The minimum Gasteiger partial charge on any atom is -0.490 e. The van der Waals surface area contributed by atoms with Crippen molar-refractivity contribution in [3.8, 4) is 17.2 Å². The molecule has 0 radical (unpaired) electrons. The van der Waals surface area contributed by atoms with Crippen LogP contribution in [0.25, 0.3) is 5.69 Å². The van der Waals surface area contributed by atoms with Crippen molar-refractivity contribution in [2.75, 3.05) is 18.9 Å². The summed E-state index contributed by atoms with van der Waals surface area (Å²) in [6.45, 7) is 4.21. The fourth-order valence-electron chi connectivity index (χ4n) is 3.27. The fourth-order valence-corrected chi connectivity index (χ4v) is 4.52. The van der Waals surface area contributed by atoms with Gasteiger partial charge in [0.05, 0.1) is 12.3 Å². The Morgan fingerprint density at radius 2 is 1.80 bits per heavy atom. The summed E-state index contributed by atoms with van der Waals surface area (Å²) in [5, 5.41) is 16.2. The zero-order chi connectivity index (χ0) is 24.5. The summed E-state index contributed by atoms with van der Waals surface area (Å²) in [5.41, 5.74) is 2.87. The van der Waals surface area contributed by atoms with Gasteiger partial charge < -0.3 is 14.8 Å². The number of rotatable bonds is 12. The molecule has 1 heterocycles. The molecule has 4 aromatic rings. The molecular weight excluding hydrogens is 533 g/mol. The van der Waals surface area contributed by atoms with Crippen LogP contribution in [0.1, 0.15) is 18.1 Å². The Morgan fingerprint density at radius 3 is 2.57 bits per heavy atom. The number of nitrogens with one attached hydrogen (secondary N) is 1. The predicted molar refractivity (Wildman–Crippen MR) is 138 cm³/mol. The first-order chi connectivity index (χ1) is 17.1. The number of ether oxygens (including phenoxy) is 2. The van der Waals surface area contributed by atoms with Crippen molar-refractivity contribution >= 4 is 27.7 Å². The van der Waals surface area contributed by atoms with E-state index in [0.29, 0.717) is 31.3 Å². The topological polar surface area (TPSA) is 74.1 Å². The Bertz CT molecular complexity index is 1220. The van der Waals surface area contributed by atoms with E-state index < -0.39 is 0 Å². The van der Waals surface area contributed by atoms with Crippen LogP contribution in [0.5, 0.6) is 11.5 Å². The van der Waals surface area contributed by atoms with Crippen molar-refractivity contribution < 1.29 is 13.9 Å². The minimum absolute atomic E-state index is 0.267. The smallest absolute Gasteiger partial charge is 0.214 e. The van der Waals surface area contributed by atoms with E-state index in [0.717, 1.165) is 38.7 Å². The zero-order valence-electron chi connectivity index (χ0n) is 19.2. The summed E-state index contributed by atoms with van der Waals surface area (Å²) < 4.78 is 27.6. The van der Waals surface area contributed by atoms with E-state index >= 15 is 0 Å². The third-order valence-corrected chi connectivity index (χ3v) is 6.65. The van der Waals surface area contributed by atoms with Gasteiger partial charge in [-0.15, -0.1) is 5.10 Å². The Kier molecular flexibility index (Phi) is 9.10. The number of aromatic nitrogens is 4. The average molecular weight is 558 g/mol. The van der Waals surface area contributed by atoms with E-state index in [4.69, 9.17) is 9.47 Å². The second-order valence-corrected chi connectivity index (χ2v) is 9.39. The highest BCUT2D eigenvalue weighted by Crippen LogP contribution is 2.34. The highest BCUT2D eigenvalue weighted by atomic mass is 79.9. The first-order valence-electron chi connectivity index (χ1n) is 11.1. The standard InChI is InChI=1S/C25H25BrFN5O2S/c1-2-33-23-14-19(22(26)15-24(23)34-17-18-8-10-20(27)11-9-18)16-28-12-13-35-25-29-30-31-32(25)21-6-4-3-5-7-21/h3-11,14-15,28H,2,12-13,16-17H2,1H3. The quantitative estimate of drug-likeness (QED) is 0.184. The lowest BCUT2D eigenvalue weighted by molar-refractivity contribution is 0.268. The molecule has 10 heteroatoms. The minimum atomic E-state index is -0.267. The van der Waals surface area contributed by atoms with Crippen molar-refractivity contribution in [3.05, 3.63) is 88.1 Å². The molecule has 0 spiro atoms. The van der Waals surface area contributed by atoms with E-state index in [2.05, 4.69) is 36.8 Å². The van der Waals surface area contributed by atoms with Gasteiger partial charge in [-0.05, 0) is 64.9 Å². The van der Waals surface area contributed by atoms with E-state index in [1.54, 1.807) is 28.6 Å². The summed E-state index contributed by atoms with van der Waals surface area (Å²) in [6, 6.07) is 20.0. The monoisotopic (exact) mass is 557 g/mol. The number of tetrazole rings is 1. The van der Waals surface area contributed by atoms with Crippen LogP contribution in [0.4, 0.5) is 4.39 Å². The molecule has 0 saturated carbocycles. The average Bonchev–Trinajstić information content (AvgIpc) is 3.35. The van der Waals surface area contributed by atoms with Crippen molar-refractivity contribution in [1.82, 2.24) is 25.5 Å². The molecule has 0 amide bonds. The molecule has 0 bridgehead atoms. The lowest BCUT2D eigenvalue weighted by Gasteiger charge is -2.15. The van der Waals surface area contributed by atoms with E-state index in [1.807, 2.05) is 49.4 Å².